The van der Waals surface area contributed by atoms with Crippen molar-refractivity contribution in [2.24, 2.45) is 0 Å². The molecule has 0 spiro atoms. The Morgan fingerprint density at radius 3 is 2.58 bits per heavy atom. The summed E-state index contributed by atoms with van der Waals surface area (Å²) in [7, 11) is -4.02. The zero-order chi connectivity index (χ0) is 14.0. The summed E-state index contributed by atoms with van der Waals surface area (Å²) in [6.45, 7) is -0.415. The predicted octanol–water partition coefficient (Wildman–Crippen LogP) is -0.465. The van der Waals surface area contributed by atoms with Crippen LogP contribution in [0.1, 0.15) is 23.4 Å². The van der Waals surface area contributed by atoms with E-state index < -0.39 is 39.3 Å². The van der Waals surface area contributed by atoms with Crippen molar-refractivity contribution in [2.45, 2.75) is 24.0 Å². The van der Waals surface area contributed by atoms with Crippen molar-refractivity contribution >= 4 is 21.9 Å². The smallest absolute Gasteiger partial charge is 0.371 e. The first-order valence-corrected chi connectivity index (χ1v) is 6.99. The van der Waals surface area contributed by atoms with Crippen molar-refractivity contribution in [1.82, 2.24) is 10.0 Å². The van der Waals surface area contributed by atoms with Crippen LogP contribution in [0.25, 0.3) is 0 Å². The normalized spacial score (nSPS) is 15.2. The molecule has 0 saturated heterocycles. The van der Waals surface area contributed by atoms with Crippen molar-refractivity contribution in [3.63, 3.8) is 0 Å². The molecule has 0 aliphatic heterocycles. The SMILES string of the molecule is O=C(CNS(=O)(=O)c1ccc(C(=O)O)o1)NC1CC1. The molecule has 3 N–H and O–H groups in total. The lowest BCUT2D eigenvalue weighted by Gasteiger charge is -2.04. The highest BCUT2D eigenvalue weighted by Gasteiger charge is 2.25. The van der Waals surface area contributed by atoms with E-state index in [2.05, 4.69) is 9.73 Å². The van der Waals surface area contributed by atoms with Gasteiger partial charge in [0.1, 0.15) is 0 Å². The molecule has 8 nitrogen and oxygen atoms in total. The van der Waals surface area contributed by atoms with Crippen LogP contribution in [0.2, 0.25) is 0 Å². The molecule has 0 unspecified atom stereocenters. The van der Waals surface area contributed by atoms with Crippen LogP contribution in [-0.2, 0) is 14.8 Å². The number of hydrogen-bond donors (Lipinski definition) is 3. The van der Waals surface area contributed by atoms with Gasteiger partial charge < -0.3 is 14.8 Å². The molecular weight excluding hydrogens is 276 g/mol. The first-order valence-electron chi connectivity index (χ1n) is 5.50. The Bertz CT molecular complexity index is 601. The molecule has 104 valence electrons. The fraction of sp³-hybridized carbons (Fsp3) is 0.400. The largest absolute Gasteiger partial charge is 0.475 e. The second-order valence-electron chi connectivity index (χ2n) is 4.09. The number of nitrogens with one attached hydrogen (secondary N) is 2. The first-order chi connectivity index (χ1) is 8.88. The number of carboxylic acid groups (broad SMARTS) is 1. The fourth-order valence-electron chi connectivity index (χ4n) is 1.32. The lowest BCUT2D eigenvalue weighted by Crippen LogP contribution is -2.37. The van der Waals surface area contributed by atoms with E-state index in [0.29, 0.717) is 0 Å². The summed E-state index contributed by atoms with van der Waals surface area (Å²) in [5.74, 6) is -2.29. The van der Waals surface area contributed by atoms with Crippen molar-refractivity contribution in [3.8, 4) is 0 Å². The standard InChI is InChI=1S/C10H12N2O6S/c13-8(12-6-1-2-6)5-11-19(16,17)9-4-3-7(18-9)10(14)15/h3-4,6,11H,1-2,5H2,(H,12,13)(H,14,15). The van der Waals surface area contributed by atoms with E-state index in [9.17, 15) is 18.0 Å². The van der Waals surface area contributed by atoms with Crippen LogP contribution in [0.3, 0.4) is 0 Å². The van der Waals surface area contributed by atoms with Gasteiger partial charge in [-0.1, -0.05) is 0 Å². The minimum Gasteiger partial charge on any atom is -0.475 e. The van der Waals surface area contributed by atoms with Gasteiger partial charge in [0.2, 0.25) is 16.8 Å². The molecule has 0 radical (unpaired) electrons. The monoisotopic (exact) mass is 288 g/mol. The summed E-state index contributed by atoms with van der Waals surface area (Å²) < 4.78 is 30.1. The topological polar surface area (TPSA) is 126 Å². The molecule has 0 aromatic carbocycles. The summed E-state index contributed by atoms with van der Waals surface area (Å²) in [6, 6.07) is 2.19. The molecule has 1 amide bonds. The van der Waals surface area contributed by atoms with E-state index in [1.54, 1.807) is 0 Å². The van der Waals surface area contributed by atoms with E-state index in [0.717, 1.165) is 25.0 Å². The molecular formula is C10H12N2O6S. The number of carbonyl (C=O) groups excluding carboxylic acids is 1. The van der Waals surface area contributed by atoms with Gasteiger partial charge in [0.05, 0.1) is 6.54 Å². The third kappa shape index (κ3) is 3.55. The van der Waals surface area contributed by atoms with Gasteiger partial charge in [0.15, 0.2) is 0 Å². The maximum Gasteiger partial charge on any atom is 0.371 e. The number of amides is 1. The summed E-state index contributed by atoms with van der Waals surface area (Å²) in [5, 5.41) is 10.7. The van der Waals surface area contributed by atoms with Crippen LogP contribution in [0.15, 0.2) is 21.6 Å². The number of furan rings is 1. The van der Waals surface area contributed by atoms with Gasteiger partial charge in [0.25, 0.3) is 10.0 Å². The second-order valence-corrected chi connectivity index (χ2v) is 5.79. The first kappa shape index (κ1) is 13.6. The molecule has 0 bridgehead atoms. The quantitative estimate of drug-likeness (QED) is 0.650. The van der Waals surface area contributed by atoms with E-state index >= 15 is 0 Å². The maximum absolute atomic E-state index is 11.7. The molecule has 9 heteroatoms. The lowest BCUT2D eigenvalue weighted by molar-refractivity contribution is -0.120. The Morgan fingerprint density at radius 1 is 1.37 bits per heavy atom. The molecule has 1 heterocycles. The van der Waals surface area contributed by atoms with Crippen LogP contribution in [0.4, 0.5) is 0 Å². The van der Waals surface area contributed by atoms with Crippen LogP contribution < -0.4 is 10.0 Å². The van der Waals surface area contributed by atoms with Gasteiger partial charge in [-0.05, 0) is 25.0 Å². The fourth-order valence-corrected chi connectivity index (χ4v) is 2.23. The Labute approximate surface area is 108 Å². The van der Waals surface area contributed by atoms with Gasteiger partial charge >= 0.3 is 5.97 Å². The Balaban J connectivity index is 1.96. The van der Waals surface area contributed by atoms with Gasteiger partial charge in [-0.2, -0.15) is 4.72 Å². The summed E-state index contributed by atoms with van der Waals surface area (Å²) in [6.07, 6.45) is 1.80. The summed E-state index contributed by atoms with van der Waals surface area (Å²) in [4.78, 5) is 21.9. The third-order valence-corrected chi connectivity index (χ3v) is 3.70. The number of carboxylic acids is 1. The highest BCUT2D eigenvalue weighted by atomic mass is 32.2. The van der Waals surface area contributed by atoms with Gasteiger partial charge in [0, 0.05) is 6.04 Å². The van der Waals surface area contributed by atoms with E-state index in [1.807, 2.05) is 4.72 Å². The van der Waals surface area contributed by atoms with Crippen molar-refractivity contribution in [3.05, 3.63) is 17.9 Å². The average molecular weight is 288 g/mol. The molecule has 1 aliphatic carbocycles. The molecule has 19 heavy (non-hydrogen) atoms. The number of aromatic carboxylic acids is 1. The number of carbonyl (C=O) groups is 2. The zero-order valence-electron chi connectivity index (χ0n) is 9.75. The van der Waals surface area contributed by atoms with Gasteiger partial charge in [-0.15, -0.1) is 0 Å². The molecule has 1 aromatic rings. The van der Waals surface area contributed by atoms with Gasteiger partial charge in [-0.3, -0.25) is 4.79 Å². The maximum atomic E-state index is 11.7. The molecule has 1 saturated carbocycles. The molecule has 0 atom stereocenters. The third-order valence-electron chi connectivity index (χ3n) is 2.42. The molecule has 1 aromatic heterocycles. The predicted molar refractivity (Wildman–Crippen MR) is 62.0 cm³/mol. The van der Waals surface area contributed by atoms with Crippen LogP contribution in [0, 0.1) is 0 Å². The second kappa shape index (κ2) is 5.02. The van der Waals surface area contributed by atoms with Crippen LogP contribution in [-0.4, -0.2) is 38.0 Å². The van der Waals surface area contributed by atoms with Crippen LogP contribution in [0.5, 0.6) is 0 Å². The average Bonchev–Trinajstić information content (AvgIpc) is 2.97. The zero-order valence-corrected chi connectivity index (χ0v) is 10.6. The van der Waals surface area contributed by atoms with E-state index in [4.69, 9.17) is 5.11 Å². The van der Waals surface area contributed by atoms with Crippen molar-refractivity contribution in [1.29, 1.82) is 0 Å². The molecule has 1 fully saturated rings. The highest BCUT2D eigenvalue weighted by Crippen LogP contribution is 2.18. The highest BCUT2D eigenvalue weighted by molar-refractivity contribution is 7.89. The number of rotatable bonds is 6. The number of sulfonamides is 1. The minimum atomic E-state index is -4.02. The number of hydrogen-bond acceptors (Lipinski definition) is 5. The Hall–Kier alpha value is -1.87. The van der Waals surface area contributed by atoms with Crippen LogP contribution >= 0.6 is 0 Å². The van der Waals surface area contributed by atoms with Gasteiger partial charge in [-0.25, -0.2) is 13.2 Å². The molecule has 2 rings (SSSR count). The Morgan fingerprint density at radius 2 is 2.05 bits per heavy atom. The van der Waals surface area contributed by atoms with Crippen molar-refractivity contribution in [2.75, 3.05) is 6.54 Å². The Kier molecular flexibility index (Phi) is 3.58. The molecule has 1 aliphatic rings. The lowest BCUT2D eigenvalue weighted by atomic mass is 10.5. The van der Waals surface area contributed by atoms with E-state index in [1.165, 1.54) is 0 Å². The van der Waals surface area contributed by atoms with E-state index in [-0.39, 0.29) is 6.04 Å². The minimum absolute atomic E-state index is 0.138. The van der Waals surface area contributed by atoms with Crippen molar-refractivity contribution < 1.29 is 27.5 Å². The summed E-state index contributed by atoms with van der Waals surface area (Å²) in [5.41, 5.74) is 0. The summed E-state index contributed by atoms with van der Waals surface area (Å²) >= 11 is 0.